The van der Waals surface area contributed by atoms with Crippen LogP contribution in [0.5, 0.6) is 0 Å². The Morgan fingerprint density at radius 1 is 0.481 bits per heavy atom. The normalized spacial score (nSPS) is 16.3. The van der Waals surface area contributed by atoms with Gasteiger partial charge in [-0.05, 0) is 164 Å². The molecule has 0 spiro atoms. The van der Waals surface area contributed by atoms with Crippen molar-refractivity contribution in [3.63, 3.8) is 0 Å². The average molecular weight is 951 g/mol. The Labute approximate surface area is 350 Å². The van der Waals surface area contributed by atoms with Crippen LogP contribution < -0.4 is 0 Å². The molecule has 2 aliphatic carbocycles. The molecule has 2 aromatic carbocycles. The Morgan fingerprint density at radius 3 is 1.17 bits per heavy atom. The fourth-order valence-corrected chi connectivity index (χ4v) is 7.90. The minimum atomic E-state index is -0.318. The number of carbonyl (C=O) groups excluding carboxylic acids is 2. The first kappa shape index (κ1) is 43.6. The minimum Gasteiger partial charge on any atom is -0.289 e. The van der Waals surface area contributed by atoms with Crippen LogP contribution in [0.2, 0.25) is 0 Å². The maximum Gasteiger partial charge on any atom is 0.186 e. The molecule has 0 heterocycles. The lowest BCUT2D eigenvalue weighted by molar-refractivity contribution is -0.114. The van der Waals surface area contributed by atoms with Gasteiger partial charge in [0, 0.05) is 40.6 Å². The lowest BCUT2D eigenvalue weighted by Crippen LogP contribution is -2.27. The molecule has 0 aromatic heterocycles. The summed E-state index contributed by atoms with van der Waals surface area (Å²) >= 11 is 4.82. The first-order valence-corrected chi connectivity index (χ1v) is 20.6. The third kappa shape index (κ3) is 9.45. The second-order valence-electron chi connectivity index (χ2n) is 18.6. The fraction of sp³-hybridized carbons (Fsp3) is 0.435. The third-order valence-corrected chi connectivity index (χ3v) is 13.5. The molecule has 0 aliphatic heterocycles. The van der Waals surface area contributed by atoms with E-state index in [1.807, 2.05) is 24.3 Å². The maximum atomic E-state index is 13.5. The number of nitrogens with zero attached hydrogens (tertiary/aromatic N) is 4. The van der Waals surface area contributed by atoms with Crippen molar-refractivity contribution in [2.45, 2.75) is 111 Å². The van der Waals surface area contributed by atoms with Crippen LogP contribution in [0.15, 0.2) is 103 Å². The van der Waals surface area contributed by atoms with Gasteiger partial charge in [-0.1, -0.05) is 83.1 Å². The van der Waals surface area contributed by atoms with Gasteiger partial charge >= 0.3 is 0 Å². The van der Waals surface area contributed by atoms with E-state index in [9.17, 15) is 9.59 Å². The van der Waals surface area contributed by atoms with Gasteiger partial charge in [0.05, 0.1) is 23.8 Å². The SMILES string of the molecule is Cc1cc(/N=N/C=C2C=C(C(C)(C)C)C(=O)C(C(C)(C)C)=C2)c(-c2c(/N=N/C=C3C=C(C(C)(C)C)C(=O)C(C(C)(C)C)=C3)cc(C)c(I)c2I)c(C)c1C. The standard InChI is InChI=1S/C46H56I2N4O2/c1-25-17-35(51-49-23-29-19-31(43(5,6)7)41(53)32(20-29)44(8,9)10)37(28(4)27(25)3)38-36(18-26(2)39(47)40(38)48)52-50-24-30-21-33(45(11,12)13)42(54)34(22-30)46(14,15)16/h17-24H,1-16H3/b51-49+,52-50+. The summed E-state index contributed by atoms with van der Waals surface area (Å²) in [6, 6.07) is 4.16. The molecular weight excluding hydrogens is 894 g/mol. The fourth-order valence-electron chi connectivity index (χ4n) is 6.50. The van der Waals surface area contributed by atoms with Crippen molar-refractivity contribution in [2.24, 2.45) is 42.1 Å². The predicted molar refractivity (Wildman–Crippen MR) is 242 cm³/mol. The highest BCUT2D eigenvalue weighted by Crippen LogP contribution is 2.47. The molecule has 6 nitrogen and oxygen atoms in total. The van der Waals surface area contributed by atoms with E-state index in [0.29, 0.717) is 0 Å². The Hall–Kier alpha value is -3.12. The largest absolute Gasteiger partial charge is 0.289 e. The lowest BCUT2D eigenvalue weighted by Gasteiger charge is -2.31. The van der Waals surface area contributed by atoms with E-state index in [1.165, 1.54) is 5.56 Å². The molecule has 0 unspecified atom stereocenters. The molecule has 54 heavy (non-hydrogen) atoms. The Bertz CT molecular complexity index is 1950. The number of allylic oxidation sites excluding steroid dienone is 10. The van der Waals surface area contributed by atoms with Crippen molar-refractivity contribution in [1.29, 1.82) is 0 Å². The van der Waals surface area contributed by atoms with Crippen LogP contribution in [0.3, 0.4) is 0 Å². The van der Waals surface area contributed by atoms with Crippen LogP contribution in [-0.2, 0) is 9.59 Å². The Balaban J connectivity index is 1.92. The quantitative estimate of drug-likeness (QED) is 0.221. The first-order chi connectivity index (χ1) is 24.6. The minimum absolute atomic E-state index is 0.0880. The number of benzene rings is 2. The van der Waals surface area contributed by atoms with Gasteiger partial charge in [-0.15, -0.1) is 0 Å². The van der Waals surface area contributed by atoms with Crippen LogP contribution in [0, 0.1) is 56.5 Å². The zero-order valence-electron chi connectivity index (χ0n) is 35.0. The van der Waals surface area contributed by atoms with Gasteiger partial charge in [0.25, 0.3) is 0 Å². The first-order valence-electron chi connectivity index (χ1n) is 18.4. The van der Waals surface area contributed by atoms with E-state index in [4.69, 9.17) is 10.2 Å². The molecule has 2 aliphatic rings. The molecule has 0 atom stereocenters. The second kappa shape index (κ2) is 15.8. The molecule has 0 bridgehead atoms. The molecule has 0 fully saturated rings. The van der Waals surface area contributed by atoms with Crippen molar-refractivity contribution < 1.29 is 9.59 Å². The molecule has 0 amide bonds. The molecular formula is C46H56I2N4O2. The van der Waals surface area contributed by atoms with Crippen molar-refractivity contribution in [3.8, 4) is 11.1 Å². The third-order valence-electron chi connectivity index (χ3n) is 9.96. The molecule has 0 saturated heterocycles. The Kier molecular flexibility index (Phi) is 12.7. The topological polar surface area (TPSA) is 83.6 Å². The van der Waals surface area contributed by atoms with Crippen LogP contribution in [0.25, 0.3) is 11.1 Å². The molecule has 286 valence electrons. The molecule has 0 saturated carbocycles. The number of rotatable bonds is 5. The average Bonchev–Trinajstić information content (AvgIpc) is 3.02. The van der Waals surface area contributed by atoms with Crippen molar-refractivity contribution in [3.05, 3.63) is 112 Å². The predicted octanol–water partition coefficient (Wildman–Crippen LogP) is 14.8. The monoisotopic (exact) mass is 950 g/mol. The zero-order valence-corrected chi connectivity index (χ0v) is 39.3. The van der Waals surface area contributed by atoms with Crippen molar-refractivity contribution >= 4 is 68.1 Å². The number of hydrogen-bond donors (Lipinski definition) is 0. The summed E-state index contributed by atoms with van der Waals surface area (Å²) in [7, 11) is 0. The van der Waals surface area contributed by atoms with Crippen molar-refractivity contribution in [2.75, 3.05) is 0 Å². The smallest absolute Gasteiger partial charge is 0.186 e. The van der Waals surface area contributed by atoms with Crippen LogP contribution in [-0.4, -0.2) is 11.6 Å². The van der Waals surface area contributed by atoms with Gasteiger partial charge in [-0.25, -0.2) is 0 Å². The van der Waals surface area contributed by atoms with E-state index in [2.05, 4.69) is 178 Å². The van der Waals surface area contributed by atoms with Gasteiger partial charge < -0.3 is 0 Å². The van der Waals surface area contributed by atoms with Gasteiger partial charge in [-0.2, -0.15) is 20.5 Å². The molecule has 0 radical (unpaired) electrons. The van der Waals surface area contributed by atoms with Crippen molar-refractivity contribution in [1.82, 2.24) is 0 Å². The summed E-state index contributed by atoms with van der Waals surface area (Å²) in [4.78, 5) is 27.0. The van der Waals surface area contributed by atoms with Crippen LogP contribution >= 0.6 is 45.2 Å². The number of carbonyl (C=O) groups is 2. The van der Waals surface area contributed by atoms with Gasteiger partial charge in [-0.3, -0.25) is 9.59 Å². The second-order valence-corrected chi connectivity index (χ2v) is 20.8. The van der Waals surface area contributed by atoms with Crippen LogP contribution in [0.1, 0.15) is 105 Å². The number of aryl methyl sites for hydroxylation is 2. The number of Topliss-reactive ketones (excluding diaryl/α,β-unsaturated/α-hetero) is 2. The highest BCUT2D eigenvalue weighted by Gasteiger charge is 2.35. The van der Waals surface area contributed by atoms with E-state index in [1.54, 1.807) is 12.4 Å². The highest BCUT2D eigenvalue weighted by molar-refractivity contribution is 14.1. The number of ketones is 2. The maximum absolute atomic E-state index is 13.5. The number of hydrogen-bond acceptors (Lipinski definition) is 6. The Morgan fingerprint density at radius 2 is 0.815 bits per heavy atom. The van der Waals surface area contributed by atoms with E-state index in [-0.39, 0.29) is 33.2 Å². The van der Waals surface area contributed by atoms with E-state index >= 15 is 0 Å². The summed E-state index contributed by atoms with van der Waals surface area (Å²) in [5.74, 6) is 0.176. The molecule has 0 N–H and O–H groups in total. The lowest BCUT2D eigenvalue weighted by atomic mass is 9.72. The summed E-state index contributed by atoms with van der Waals surface area (Å²) in [6.45, 7) is 33.2. The van der Waals surface area contributed by atoms with Gasteiger partial charge in [0.1, 0.15) is 0 Å². The summed E-state index contributed by atoms with van der Waals surface area (Å²) in [5, 5.41) is 19.0. The van der Waals surface area contributed by atoms with E-state index in [0.717, 1.165) is 79.8 Å². The number of azo groups is 2. The summed E-state index contributed by atoms with van der Waals surface area (Å²) < 4.78 is 2.20. The van der Waals surface area contributed by atoms with Crippen LogP contribution in [0.4, 0.5) is 11.4 Å². The molecule has 8 heteroatoms. The van der Waals surface area contributed by atoms with E-state index < -0.39 is 0 Å². The highest BCUT2D eigenvalue weighted by atomic mass is 127. The van der Waals surface area contributed by atoms with Gasteiger partial charge in [0.15, 0.2) is 11.6 Å². The summed E-state index contributed by atoms with van der Waals surface area (Å²) in [5.41, 5.74) is 11.3. The zero-order chi connectivity index (χ0) is 40.9. The molecule has 2 aromatic rings. The molecule has 4 rings (SSSR count). The van der Waals surface area contributed by atoms with Gasteiger partial charge in [0.2, 0.25) is 0 Å². The summed E-state index contributed by atoms with van der Waals surface area (Å²) in [6.07, 6.45) is 11.3. The number of halogens is 2.